The highest BCUT2D eigenvalue weighted by molar-refractivity contribution is 8.18. The third-order valence-corrected chi connectivity index (χ3v) is 4.46. The van der Waals surface area contributed by atoms with Gasteiger partial charge in [0.15, 0.2) is 5.17 Å². The molecule has 0 saturated carbocycles. The van der Waals surface area contributed by atoms with Crippen LogP contribution in [0.2, 0.25) is 0 Å². The fourth-order valence-corrected chi connectivity index (χ4v) is 3.14. The molecule has 1 amide bonds. The van der Waals surface area contributed by atoms with Gasteiger partial charge in [0.25, 0.3) is 5.91 Å². The summed E-state index contributed by atoms with van der Waals surface area (Å²) >= 11 is 1.44. The highest BCUT2D eigenvalue weighted by atomic mass is 32.2. The number of hydrogen-bond donors (Lipinski definition) is 0. The third-order valence-electron chi connectivity index (χ3n) is 3.42. The van der Waals surface area contributed by atoms with Gasteiger partial charge < -0.3 is 14.2 Å². The molecule has 106 valence electrons. The van der Waals surface area contributed by atoms with Crippen LogP contribution in [0.4, 0.5) is 0 Å². The van der Waals surface area contributed by atoms with Gasteiger partial charge in [-0.1, -0.05) is 0 Å². The highest BCUT2D eigenvalue weighted by Gasteiger charge is 2.27. The maximum atomic E-state index is 11.9. The monoisotopic (exact) mass is 291 g/mol. The minimum atomic E-state index is -0.169. The summed E-state index contributed by atoms with van der Waals surface area (Å²) in [6, 6.07) is 3.75. The topological polar surface area (TPSA) is 49.0 Å². The van der Waals surface area contributed by atoms with E-state index >= 15 is 0 Å². The van der Waals surface area contributed by atoms with Crippen molar-refractivity contribution in [3.63, 3.8) is 0 Å². The molecule has 0 bridgehead atoms. The Kier molecular flexibility index (Phi) is 3.67. The highest BCUT2D eigenvalue weighted by Crippen LogP contribution is 2.30. The molecule has 0 spiro atoms. The molecule has 20 heavy (non-hydrogen) atoms. The molecule has 0 aliphatic carbocycles. The fraction of sp³-hybridized carbons (Fsp3) is 0.429. The number of nitrogens with zero attached hydrogens (tertiary/aromatic N) is 3. The largest absolute Gasteiger partial charge is 0.462 e. The number of piperazine rings is 1. The SMILES string of the molecule is Cc1ccc(/C=C2\SC(N3CCN(C)CC3)=NC2=O)o1. The fourth-order valence-electron chi connectivity index (χ4n) is 2.19. The summed E-state index contributed by atoms with van der Waals surface area (Å²) < 4.78 is 5.48. The molecule has 5 nitrogen and oxygen atoms in total. The molecule has 2 aliphatic rings. The minimum Gasteiger partial charge on any atom is -0.462 e. The van der Waals surface area contributed by atoms with Gasteiger partial charge in [-0.25, -0.2) is 0 Å². The third kappa shape index (κ3) is 2.81. The number of hydrogen-bond acceptors (Lipinski definition) is 5. The quantitative estimate of drug-likeness (QED) is 0.739. The number of aryl methyl sites for hydroxylation is 1. The van der Waals surface area contributed by atoms with Crippen molar-refractivity contribution in [3.8, 4) is 0 Å². The number of rotatable bonds is 1. The first-order chi connectivity index (χ1) is 9.61. The summed E-state index contributed by atoms with van der Waals surface area (Å²) in [6.45, 7) is 5.73. The van der Waals surface area contributed by atoms with Gasteiger partial charge >= 0.3 is 0 Å². The molecule has 3 rings (SSSR count). The average Bonchev–Trinajstić information content (AvgIpc) is 2.98. The van der Waals surface area contributed by atoms with E-state index < -0.39 is 0 Å². The lowest BCUT2D eigenvalue weighted by Crippen LogP contribution is -2.46. The average molecular weight is 291 g/mol. The molecule has 0 unspecified atom stereocenters. The van der Waals surface area contributed by atoms with Crippen molar-refractivity contribution in [2.45, 2.75) is 6.92 Å². The lowest BCUT2D eigenvalue weighted by molar-refractivity contribution is -0.113. The van der Waals surface area contributed by atoms with E-state index in [1.807, 2.05) is 19.1 Å². The van der Waals surface area contributed by atoms with E-state index in [0.717, 1.165) is 37.1 Å². The first-order valence-corrected chi connectivity index (χ1v) is 7.46. The Morgan fingerprint density at radius 1 is 1.30 bits per heavy atom. The van der Waals surface area contributed by atoms with Crippen LogP contribution in [-0.4, -0.2) is 54.1 Å². The number of furan rings is 1. The van der Waals surface area contributed by atoms with Crippen LogP contribution in [0.15, 0.2) is 26.4 Å². The zero-order valence-corrected chi connectivity index (χ0v) is 12.4. The lowest BCUT2D eigenvalue weighted by atomic mass is 10.3. The van der Waals surface area contributed by atoms with Crippen LogP contribution < -0.4 is 0 Å². The number of carbonyl (C=O) groups is 1. The number of aliphatic imine (C=N–C) groups is 1. The molecule has 1 aromatic heterocycles. The van der Waals surface area contributed by atoms with Gasteiger partial charge in [-0.15, -0.1) is 0 Å². The second-order valence-electron chi connectivity index (χ2n) is 5.05. The van der Waals surface area contributed by atoms with E-state index in [1.165, 1.54) is 11.8 Å². The van der Waals surface area contributed by atoms with Crippen LogP contribution in [0.25, 0.3) is 6.08 Å². The molecule has 1 fully saturated rings. The molecule has 1 saturated heterocycles. The smallest absolute Gasteiger partial charge is 0.286 e. The second kappa shape index (κ2) is 5.46. The maximum absolute atomic E-state index is 11.9. The van der Waals surface area contributed by atoms with Crippen molar-refractivity contribution in [1.29, 1.82) is 0 Å². The second-order valence-corrected chi connectivity index (χ2v) is 6.06. The maximum Gasteiger partial charge on any atom is 0.286 e. The lowest BCUT2D eigenvalue weighted by Gasteiger charge is -2.32. The summed E-state index contributed by atoms with van der Waals surface area (Å²) in [5, 5.41) is 0.817. The number of carbonyl (C=O) groups excluding carboxylic acids is 1. The van der Waals surface area contributed by atoms with Gasteiger partial charge in [-0.2, -0.15) is 4.99 Å². The van der Waals surface area contributed by atoms with E-state index in [4.69, 9.17) is 4.42 Å². The van der Waals surface area contributed by atoms with Crippen molar-refractivity contribution in [2.24, 2.45) is 4.99 Å². The Hall–Kier alpha value is -1.53. The molecule has 0 atom stereocenters. The summed E-state index contributed by atoms with van der Waals surface area (Å²) in [6.07, 6.45) is 1.77. The van der Waals surface area contributed by atoms with Crippen molar-refractivity contribution in [3.05, 3.63) is 28.6 Å². The van der Waals surface area contributed by atoms with Crippen LogP contribution >= 0.6 is 11.8 Å². The molecular weight excluding hydrogens is 274 g/mol. The first-order valence-electron chi connectivity index (χ1n) is 6.64. The Labute approximate surface area is 122 Å². The van der Waals surface area contributed by atoms with Gasteiger partial charge in [-0.3, -0.25) is 4.79 Å². The predicted molar refractivity (Wildman–Crippen MR) is 80.5 cm³/mol. The van der Waals surface area contributed by atoms with E-state index in [9.17, 15) is 4.79 Å². The number of likely N-dealkylation sites (N-methyl/N-ethyl adjacent to an activating group) is 1. The molecular formula is C14H17N3O2S. The van der Waals surface area contributed by atoms with Gasteiger partial charge in [0.05, 0.1) is 4.91 Å². The predicted octanol–water partition coefficient (Wildman–Crippen LogP) is 1.81. The summed E-state index contributed by atoms with van der Waals surface area (Å²) in [5.74, 6) is 1.37. The van der Waals surface area contributed by atoms with Crippen molar-refractivity contribution in [2.75, 3.05) is 33.2 Å². The van der Waals surface area contributed by atoms with Crippen LogP contribution in [0, 0.1) is 6.92 Å². The number of amidine groups is 1. The van der Waals surface area contributed by atoms with E-state index in [0.29, 0.717) is 10.7 Å². The van der Waals surface area contributed by atoms with Gasteiger partial charge in [0, 0.05) is 32.3 Å². The molecule has 2 aliphatic heterocycles. The van der Waals surface area contributed by atoms with Crippen molar-refractivity contribution < 1.29 is 9.21 Å². The normalized spacial score (nSPS) is 22.7. The van der Waals surface area contributed by atoms with Crippen LogP contribution in [0.5, 0.6) is 0 Å². The number of thioether (sulfide) groups is 1. The molecule has 0 N–H and O–H groups in total. The molecule has 6 heteroatoms. The minimum absolute atomic E-state index is 0.169. The molecule has 3 heterocycles. The van der Waals surface area contributed by atoms with Gasteiger partial charge in [-0.05, 0) is 37.9 Å². The standard InChI is InChI=1S/C14H17N3O2S/c1-10-3-4-11(19-10)9-12-13(18)15-14(20-12)17-7-5-16(2)6-8-17/h3-4,9H,5-8H2,1-2H3/b12-9-. The first kappa shape index (κ1) is 13.5. The summed E-state index contributed by atoms with van der Waals surface area (Å²) in [4.78, 5) is 21.2. The van der Waals surface area contributed by atoms with Gasteiger partial charge in [0.1, 0.15) is 11.5 Å². The van der Waals surface area contributed by atoms with Crippen LogP contribution in [-0.2, 0) is 4.79 Å². The van der Waals surface area contributed by atoms with E-state index in [-0.39, 0.29) is 5.91 Å². The summed E-state index contributed by atoms with van der Waals surface area (Å²) in [7, 11) is 2.11. The van der Waals surface area contributed by atoms with E-state index in [2.05, 4.69) is 21.8 Å². The molecule has 1 aromatic rings. The number of amides is 1. The molecule has 0 radical (unpaired) electrons. The Balaban J connectivity index is 1.71. The van der Waals surface area contributed by atoms with E-state index in [1.54, 1.807) is 6.08 Å². The Bertz CT molecular complexity index is 583. The van der Waals surface area contributed by atoms with Crippen molar-refractivity contribution in [1.82, 2.24) is 9.80 Å². The zero-order valence-electron chi connectivity index (χ0n) is 11.6. The van der Waals surface area contributed by atoms with Crippen LogP contribution in [0.1, 0.15) is 11.5 Å². The van der Waals surface area contributed by atoms with Gasteiger partial charge in [0.2, 0.25) is 0 Å². The van der Waals surface area contributed by atoms with Crippen LogP contribution in [0.3, 0.4) is 0 Å². The van der Waals surface area contributed by atoms with Crippen molar-refractivity contribution >= 4 is 28.9 Å². The Morgan fingerprint density at radius 3 is 2.70 bits per heavy atom. The molecule has 0 aromatic carbocycles. The summed E-state index contributed by atoms with van der Waals surface area (Å²) in [5.41, 5.74) is 0. The Morgan fingerprint density at radius 2 is 2.05 bits per heavy atom. The zero-order chi connectivity index (χ0) is 14.1.